The molecule has 1 aliphatic heterocycles. The van der Waals surface area contributed by atoms with E-state index in [1.807, 2.05) is 18.2 Å². The van der Waals surface area contributed by atoms with Gasteiger partial charge >= 0.3 is 0 Å². The highest BCUT2D eigenvalue weighted by Gasteiger charge is 2.32. The topological polar surface area (TPSA) is 54.1 Å². The van der Waals surface area contributed by atoms with Gasteiger partial charge in [-0.1, -0.05) is 30.3 Å². The second-order valence-electron chi connectivity index (χ2n) is 4.96. The van der Waals surface area contributed by atoms with E-state index in [0.29, 0.717) is 13.1 Å². The van der Waals surface area contributed by atoms with Gasteiger partial charge < -0.3 is 0 Å². The summed E-state index contributed by atoms with van der Waals surface area (Å²) < 4.78 is 0. The van der Waals surface area contributed by atoms with Crippen LogP contribution in [0.25, 0.3) is 0 Å². The first kappa shape index (κ1) is 13.5. The molecule has 4 heteroatoms. The minimum absolute atomic E-state index is 0.193. The Morgan fingerprint density at radius 3 is 2.42 bits per heavy atom. The molecule has 98 valence electrons. The lowest BCUT2D eigenvalue weighted by molar-refractivity contribution is 0.0473. The van der Waals surface area contributed by atoms with Gasteiger partial charge in [-0.2, -0.15) is 10.5 Å². The molecule has 4 nitrogen and oxygen atoms in total. The van der Waals surface area contributed by atoms with Crippen molar-refractivity contribution < 1.29 is 0 Å². The van der Waals surface area contributed by atoms with Gasteiger partial charge in [0, 0.05) is 25.2 Å². The Hall–Kier alpha value is -1.88. The number of nitrogens with zero attached hydrogens (tertiary/aromatic N) is 4. The van der Waals surface area contributed by atoms with E-state index in [-0.39, 0.29) is 12.1 Å². The van der Waals surface area contributed by atoms with Gasteiger partial charge in [0.05, 0.1) is 25.2 Å². The lowest BCUT2D eigenvalue weighted by Crippen LogP contribution is -2.53. The predicted molar refractivity (Wildman–Crippen MR) is 73.0 cm³/mol. The number of rotatable bonds is 3. The predicted octanol–water partition coefficient (Wildman–Crippen LogP) is 1.78. The molecule has 0 amide bonds. The van der Waals surface area contributed by atoms with Crippen molar-refractivity contribution in [2.75, 3.05) is 26.2 Å². The van der Waals surface area contributed by atoms with Crippen LogP contribution >= 0.6 is 0 Å². The summed E-state index contributed by atoms with van der Waals surface area (Å²) >= 11 is 0. The van der Waals surface area contributed by atoms with Gasteiger partial charge in [-0.25, -0.2) is 0 Å². The standard InChI is InChI=1S/C15H18N4/c1-13-11-18(9-7-16)12-15(19(13)10-8-17)14-5-3-2-4-6-14/h2-6,13,15H,9-12H2,1H3/t13-,15-/m1/s1. The van der Waals surface area contributed by atoms with Gasteiger partial charge in [-0.15, -0.1) is 0 Å². The van der Waals surface area contributed by atoms with Crippen molar-refractivity contribution in [1.82, 2.24) is 9.80 Å². The Morgan fingerprint density at radius 1 is 1.11 bits per heavy atom. The average Bonchev–Trinajstić information content (AvgIpc) is 2.43. The van der Waals surface area contributed by atoms with Crippen molar-refractivity contribution in [1.29, 1.82) is 10.5 Å². The monoisotopic (exact) mass is 254 g/mol. The molecular weight excluding hydrogens is 236 g/mol. The highest BCUT2D eigenvalue weighted by molar-refractivity contribution is 5.21. The van der Waals surface area contributed by atoms with Crippen LogP contribution in [-0.2, 0) is 0 Å². The number of hydrogen-bond acceptors (Lipinski definition) is 4. The van der Waals surface area contributed by atoms with Gasteiger partial charge in [-0.05, 0) is 12.5 Å². The fourth-order valence-corrected chi connectivity index (χ4v) is 2.76. The van der Waals surface area contributed by atoms with E-state index in [4.69, 9.17) is 10.5 Å². The Kier molecular flexibility index (Phi) is 4.52. The molecule has 0 saturated carbocycles. The summed E-state index contributed by atoms with van der Waals surface area (Å²) in [4.78, 5) is 4.39. The van der Waals surface area contributed by atoms with Gasteiger partial charge in [-0.3, -0.25) is 9.80 Å². The first-order chi connectivity index (χ1) is 9.26. The highest BCUT2D eigenvalue weighted by atomic mass is 15.3. The molecule has 1 aromatic rings. The van der Waals surface area contributed by atoms with Crippen LogP contribution in [0.4, 0.5) is 0 Å². The molecule has 1 fully saturated rings. The van der Waals surface area contributed by atoms with Crippen LogP contribution in [-0.4, -0.2) is 42.0 Å². The second kappa shape index (κ2) is 6.33. The summed E-state index contributed by atoms with van der Waals surface area (Å²) in [5.74, 6) is 0. The van der Waals surface area contributed by atoms with E-state index in [9.17, 15) is 0 Å². The molecule has 0 radical (unpaired) electrons. The summed E-state index contributed by atoms with van der Waals surface area (Å²) in [7, 11) is 0. The van der Waals surface area contributed by atoms with Gasteiger partial charge in [0.15, 0.2) is 0 Å². The zero-order chi connectivity index (χ0) is 13.7. The van der Waals surface area contributed by atoms with E-state index in [2.05, 4.69) is 41.0 Å². The van der Waals surface area contributed by atoms with Crippen molar-refractivity contribution in [2.45, 2.75) is 19.0 Å². The maximum atomic E-state index is 9.01. The van der Waals surface area contributed by atoms with Crippen LogP contribution in [0.1, 0.15) is 18.5 Å². The summed E-state index contributed by atoms with van der Waals surface area (Å²) in [5.41, 5.74) is 1.22. The van der Waals surface area contributed by atoms with Crippen LogP contribution < -0.4 is 0 Å². The molecule has 1 aromatic carbocycles. The summed E-state index contributed by atoms with van der Waals surface area (Å²) in [5, 5.41) is 17.9. The molecule has 1 heterocycles. The average molecular weight is 254 g/mol. The molecule has 0 aliphatic carbocycles. The Bertz CT molecular complexity index is 485. The van der Waals surface area contributed by atoms with E-state index in [1.165, 1.54) is 5.56 Å². The molecule has 0 unspecified atom stereocenters. The minimum Gasteiger partial charge on any atom is -0.287 e. The van der Waals surface area contributed by atoms with E-state index in [0.717, 1.165) is 13.1 Å². The van der Waals surface area contributed by atoms with E-state index < -0.39 is 0 Å². The molecular formula is C15H18N4. The number of benzene rings is 1. The normalized spacial score (nSPS) is 24.6. The van der Waals surface area contributed by atoms with Crippen molar-refractivity contribution in [2.24, 2.45) is 0 Å². The molecule has 0 aromatic heterocycles. The first-order valence-corrected chi connectivity index (χ1v) is 6.53. The SMILES string of the molecule is C[C@@H]1CN(CC#N)C[C@H](c2ccccc2)N1CC#N. The number of nitriles is 2. The van der Waals surface area contributed by atoms with Gasteiger partial charge in [0.2, 0.25) is 0 Å². The lowest BCUT2D eigenvalue weighted by Gasteiger charge is -2.44. The zero-order valence-electron chi connectivity index (χ0n) is 11.2. The third kappa shape index (κ3) is 3.12. The fraction of sp³-hybridized carbons (Fsp3) is 0.467. The summed E-state index contributed by atoms with van der Waals surface area (Å²) in [6.07, 6.45) is 0. The lowest BCUT2D eigenvalue weighted by atomic mass is 9.99. The molecule has 0 spiro atoms. The first-order valence-electron chi connectivity index (χ1n) is 6.53. The van der Waals surface area contributed by atoms with Crippen LogP contribution in [0, 0.1) is 22.7 Å². The molecule has 0 bridgehead atoms. The zero-order valence-corrected chi connectivity index (χ0v) is 11.2. The molecule has 19 heavy (non-hydrogen) atoms. The Labute approximate surface area is 114 Å². The highest BCUT2D eigenvalue weighted by Crippen LogP contribution is 2.28. The van der Waals surface area contributed by atoms with Crippen LogP contribution in [0.15, 0.2) is 30.3 Å². The largest absolute Gasteiger partial charge is 0.287 e. The Morgan fingerprint density at radius 2 is 1.79 bits per heavy atom. The quantitative estimate of drug-likeness (QED) is 0.772. The summed E-state index contributed by atoms with van der Waals surface area (Å²) in [6.45, 7) is 4.66. The van der Waals surface area contributed by atoms with Gasteiger partial charge in [0.1, 0.15) is 0 Å². The molecule has 0 N–H and O–H groups in total. The summed E-state index contributed by atoms with van der Waals surface area (Å²) in [6, 6.07) is 15.2. The third-order valence-electron chi connectivity index (χ3n) is 3.65. The maximum Gasteiger partial charge on any atom is 0.0874 e. The number of hydrogen-bond donors (Lipinski definition) is 0. The minimum atomic E-state index is 0.193. The molecule has 1 aliphatic rings. The Balaban J connectivity index is 2.24. The van der Waals surface area contributed by atoms with E-state index in [1.54, 1.807) is 0 Å². The molecule has 2 atom stereocenters. The van der Waals surface area contributed by atoms with Crippen molar-refractivity contribution in [3.63, 3.8) is 0 Å². The maximum absolute atomic E-state index is 9.01. The van der Waals surface area contributed by atoms with Crippen LogP contribution in [0.3, 0.4) is 0 Å². The van der Waals surface area contributed by atoms with Crippen LogP contribution in [0.2, 0.25) is 0 Å². The van der Waals surface area contributed by atoms with Crippen molar-refractivity contribution >= 4 is 0 Å². The number of piperazine rings is 1. The smallest absolute Gasteiger partial charge is 0.0874 e. The fourth-order valence-electron chi connectivity index (χ4n) is 2.76. The van der Waals surface area contributed by atoms with Crippen LogP contribution in [0.5, 0.6) is 0 Å². The second-order valence-corrected chi connectivity index (χ2v) is 4.96. The van der Waals surface area contributed by atoms with E-state index >= 15 is 0 Å². The van der Waals surface area contributed by atoms with Crippen molar-refractivity contribution in [3.05, 3.63) is 35.9 Å². The molecule has 2 rings (SSSR count). The molecule has 1 saturated heterocycles. The third-order valence-corrected chi connectivity index (χ3v) is 3.65. The van der Waals surface area contributed by atoms with Crippen molar-refractivity contribution in [3.8, 4) is 12.1 Å². The van der Waals surface area contributed by atoms with Gasteiger partial charge in [0.25, 0.3) is 0 Å².